The van der Waals surface area contributed by atoms with Crippen molar-refractivity contribution in [3.8, 4) is 0 Å². The van der Waals surface area contributed by atoms with Gasteiger partial charge in [0.05, 0.1) is 5.69 Å². The van der Waals surface area contributed by atoms with Crippen molar-refractivity contribution in [2.24, 2.45) is 11.7 Å². The smallest absolute Gasteiger partial charge is 0.122 e. The third kappa shape index (κ3) is 3.66. The van der Waals surface area contributed by atoms with Crippen LogP contribution in [0.25, 0.3) is 0 Å². The second kappa shape index (κ2) is 6.97. The van der Waals surface area contributed by atoms with Gasteiger partial charge in [-0.1, -0.05) is 44.2 Å². The van der Waals surface area contributed by atoms with Gasteiger partial charge in [0, 0.05) is 25.0 Å². The lowest BCUT2D eigenvalue weighted by Crippen LogP contribution is -2.14. The standard InChI is InChI=1S/C16H22N2OS/c1-11(2)15(19-3)16-18-13(10-20-16)9-14(17)12-7-5-4-6-8-12/h4-8,10-11,14-15H,9,17H2,1-3H3. The molecule has 2 atom stereocenters. The van der Waals surface area contributed by atoms with Crippen molar-refractivity contribution in [2.75, 3.05) is 7.11 Å². The van der Waals surface area contributed by atoms with Crippen LogP contribution in [0.1, 0.15) is 42.3 Å². The summed E-state index contributed by atoms with van der Waals surface area (Å²) >= 11 is 1.66. The number of thiazole rings is 1. The van der Waals surface area contributed by atoms with E-state index in [9.17, 15) is 0 Å². The molecular weight excluding hydrogens is 268 g/mol. The molecule has 2 N–H and O–H groups in total. The van der Waals surface area contributed by atoms with Gasteiger partial charge in [-0.2, -0.15) is 0 Å². The highest BCUT2D eigenvalue weighted by Gasteiger charge is 2.19. The van der Waals surface area contributed by atoms with E-state index in [0.717, 1.165) is 22.7 Å². The molecule has 4 heteroatoms. The van der Waals surface area contributed by atoms with E-state index in [0.29, 0.717) is 5.92 Å². The molecular formula is C16H22N2OS. The molecule has 0 fully saturated rings. The molecule has 108 valence electrons. The Bertz CT molecular complexity index is 524. The number of hydrogen-bond acceptors (Lipinski definition) is 4. The first-order chi connectivity index (χ1) is 9.61. The summed E-state index contributed by atoms with van der Waals surface area (Å²) < 4.78 is 5.52. The molecule has 20 heavy (non-hydrogen) atoms. The number of hydrogen-bond donors (Lipinski definition) is 1. The molecule has 0 radical (unpaired) electrons. The average Bonchev–Trinajstić information content (AvgIpc) is 2.88. The lowest BCUT2D eigenvalue weighted by atomic mass is 10.0. The zero-order chi connectivity index (χ0) is 14.5. The summed E-state index contributed by atoms with van der Waals surface area (Å²) in [6.07, 6.45) is 0.830. The van der Waals surface area contributed by atoms with Crippen molar-refractivity contribution in [3.63, 3.8) is 0 Å². The average molecular weight is 290 g/mol. The lowest BCUT2D eigenvalue weighted by Gasteiger charge is -2.16. The number of nitrogens with two attached hydrogens (primary N) is 1. The maximum Gasteiger partial charge on any atom is 0.122 e. The van der Waals surface area contributed by atoms with Crippen molar-refractivity contribution >= 4 is 11.3 Å². The van der Waals surface area contributed by atoms with Crippen LogP contribution in [0, 0.1) is 5.92 Å². The Balaban J connectivity index is 2.06. The lowest BCUT2D eigenvalue weighted by molar-refractivity contribution is 0.0643. The van der Waals surface area contributed by atoms with E-state index in [2.05, 4.69) is 36.3 Å². The minimum atomic E-state index is -0.00815. The van der Waals surface area contributed by atoms with E-state index in [-0.39, 0.29) is 12.1 Å². The number of ether oxygens (including phenoxy) is 1. The first-order valence-electron chi connectivity index (χ1n) is 6.89. The van der Waals surface area contributed by atoms with Crippen LogP contribution in [0.2, 0.25) is 0 Å². The molecule has 2 aromatic rings. The largest absolute Gasteiger partial charge is 0.374 e. The van der Waals surface area contributed by atoms with E-state index >= 15 is 0 Å². The molecule has 0 aliphatic heterocycles. The summed E-state index contributed by atoms with van der Waals surface area (Å²) in [5.74, 6) is 0.418. The number of benzene rings is 1. The Hall–Kier alpha value is -1.23. The fourth-order valence-electron chi connectivity index (χ4n) is 2.25. The molecule has 1 heterocycles. The summed E-state index contributed by atoms with van der Waals surface area (Å²) in [4.78, 5) is 4.68. The normalized spacial score (nSPS) is 14.4. The van der Waals surface area contributed by atoms with E-state index < -0.39 is 0 Å². The van der Waals surface area contributed by atoms with Crippen LogP contribution in [-0.2, 0) is 11.2 Å². The Labute approximate surface area is 124 Å². The van der Waals surface area contributed by atoms with Crippen LogP contribution >= 0.6 is 11.3 Å². The maximum absolute atomic E-state index is 6.24. The number of methoxy groups -OCH3 is 1. The second-order valence-electron chi connectivity index (χ2n) is 5.30. The van der Waals surface area contributed by atoms with E-state index in [1.54, 1.807) is 18.4 Å². The number of rotatable bonds is 6. The molecule has 2 unspecified atom stereocenters. The molecule has 0 spiro atoms. The van der Waals surface area contributed by atoms with Gasteiger partial charge in [0.25, 0.3) is 0 Å². The maximum atomic E-state index is 6.24. The van der Waals surface area contributed by atoms with Crippen LogP contribution in [-0.4, -0.2) is 12.1 Å². The molecule has 0 saturated carbocycles. The molecule has 1 aromatic heterocycles. The van der Waals surface area contributed by atoms with E-state index in [1.165, 1.54) is 0 Å². The SMILES string of the molecule is COC(c1nc(CC(N)c2ccccc2)cs1)C(C)C. The summed E-state index contributed by atoms with van der Waals surface area (Å²) in [5, 5.41) is 3.13. The highest BCUT2D eigenvalue weighted by molar-refractivity contribution is 7.09. The van der Waals surface area contributed by atoms with Crippen molar-refractivity contribution in [3.05, 3.63) is 52.0 Å². The first kappa shape index (κ1) is 15.2. The predicted molar refractivity (Wildman–Crippen MR) is 83.8 cm³/mol. The van der Waals surface area contributed by atoms with Gasteiger partial charge in [-0.15, -0.1) is 11.3 Å². The van der Waals surface area contributed by atoms with E-state index in [1.807, 2.05) is 18.2 Å². The Kier molecular flexibility index (Phi) is 5.29. The van der Waals surface area contributed by atoms with Crippen molar-refractivity contribution in [2.45, 2.75) is 32.4 Å². The van der Waals surface area contributed by atoms with Gasteiger partial charge >= 0.3 is 0 Å². The van der Waals surface area contributed by atoms with E-state index in [4.69, 9.17) is 10.5 Å². The minimum Gasteiger partial charge on any atom is -0.374 e. The first-order valence-corrected chi connectivity index (χ1v) is 7.77. The van der Waals surface area contributed by atoms with Crippen LogP contribution in [0.15, 0.2) is 35.7 Å². The van der Waals surface area contributed by atoms with Crippen molar-refractivity contribution < 1.29 is 4.74 Å². The molecule has 0 aliphatic carbocycles. The van der Waals surface area contributed by atoms with Crippen LogP contribution in [0.3, 0.4) is 0 Å². The highest BCUT2D eigenvalue weighted by atomic mass is 32.1. The second-order valence-corrected chi connectivity index (χ2v) is 6.19. The molecule has 0 bridgehead atoms. The zero-order valence-electron chi connectivity index (χ0n) is 12.2. The highest BCUT2D eigenvalue weighted by Crippen LogP contribution is 2.28. The number of aromatic nitrogens is 1. The Morgan fingerprint density at radius 3 is 2.55 bits per heavy atom. The van der Waals surface area contributed by atoms with Gasteiger partial charge in [-0.25, -0.2) is 4.98 Å². The monoisotopic (exact) mass is 290 g/mol. The Morgan fingerprint density at radius 1 is 1.25 bits per heavy atom. The molecule has 1 aromatic carbocycles. The zero-order valence-corrected chi connectivity index (χ0v) is 13.1. The third-order valence-electron chi connectivity index (χ3n) is 3.33. The summed E-state index contributed by atoms with van der Waals surface area (Å²) in [5.41, 5.74) is 8.43. The van der Waals surface area contributed by atoms with Gasteiger partial charge in [-0.3, -0.25) is 0 Å². The molecule has 2 rings (SSSR count). The quantitative estimate of drug-likeness (QED) is 0.882. The van der Waals surface area contributed by atoms with Gasteiger partial charge in [-0.05, 0) is 11.5 Å². The van der Waals surface area contributed by atoms with Gasteiger partial charge in [0.1, 0.15) is 11.1 Å². The van der Waals surface area contributed by atoms with Gasteiger partial charge < -0.3 is 10.5 Å². The van der Waals surface area contributed by atoms with Crippen LogP contribution in [0.5, 0.6) is 0 Å². The van der Waals surface area contributed by atoms with Gasteiger partial charge in [0.2, 0.25) is 0 Å². The molecule has 0 amide bonds. The summed E-state index contributed by atoms with van der Waals surface area (Å²) in [7, 11) is 1.74. The summed E-state index contributed by atoms with van der Waals surface area (Å²) in [6, 6.07) is 10.1. The van der Waals surface area contributed by atoms with Crippen molar-refractivity contribution in [1.82, 2.24) is 4.98 Å². The molecule has 0 aliphatic rings. The fraction of sp³-hybridized carbons (Fsp3) is 0.438. The Morgan fingerprint density at radius 2 is 1.95 bits per heavy atom. The minimum absolute atomic E-state index is 0.00815. The fourth-order valence-corrected chi connectivity index (χ4v) is 3.33. The van der Waals surface area contributed by atoms with Crippen LogP contribution in [0.4, 0.5) is 0 Å². The molecule has 3 nitrogen and oxygen atoms in total. The predicted octanol–water partition coefficient (Wildman–Crippen LogP) is 3.73. The summed E-state index contributed by atoms with van der Waals surface area (Å²) in [6.45, 7) is 4.29. The molecule has 0 saturated heterocycles. The van der Waals surface area contributed by atoms with Crippen LogP contribution < -0.4 is 5.73 Å². The topological polar surface area (TPSA) is 48.1 Å². The van der Waals surface area contributed by atoms with Crippen molar-refractivity contribution in [1.29, 1.82) is 0 Å². The third-order valence-corrected chi connectivity index (χ3v) is 4.28. The number of nitrogens with zero attached hydrogens (tertiary/aromatic N) is 1. The van der Waals surface area contributed by atoms with Gasteiger partial charge in [0.15, 0.2) is 0 Å².